The van der Waals surface area contributed by atoms with E-state index in [1.807, 2.05) is 30.3 Å². The summed E-state index contributed by atoms with van der Waals surface area (Å²) in [5.74, 6) is 1.02. The molecule has 22 heavy (non-hydrogen) atoms. The molecule has 7 heteroatoms. The zero-order chi connectivity index (χ0) is 15.1. The Hall–Kier alpha value is -2.73. The highest BCUT2D eigenvalue weighted by molar-refractivity contribution is 6.29. The predicted octanol–water partition coefficient (Wildman–Crippen LogP) is 3.41. The lowest BCUT2D eigenvalue weighted by Gasteiger charge is -2.03. The van der Waals surface area contributed by atoms with Crippen LogP contribution in [0.3, 0.4) is 0 Å². The Bertz CT molecular complexity index is 975. The summed E-state index contributed by atoms with van der Waals surface area (Å²) in [5, 5.41) is 12.6. The minimum absolute atomic E-state index is 0.412. The van der Waals surface area contributed by atoms with Crippen LogP contribution in [0.15, 0.2) is 47.0 Å². The third-order valence-electron chi connectivity index (χ3n) is 3.26. The second kappa shape index (κ2) is 4.92. The first-order valence-electron chi connectivity index (χ1n) is 6.62. The van der Waals surface area contributed by atoms with Crippen LogP contribution in [0.2, 0.25) is 5.15 Å². The Labute approximate surface area is 130 Å². The van der Waals surface area contributed by atoms with Gasteiger partial charge in [0, 0.05) is 18.1 Å². The third kappa shape index (κ3) is 2.14. The molecule has 6 nitrogen and oxygen atoms in total. The van der Waals surface area contributed by atoms with Gasteiger partial charge in [0.25, 0.3) is 0 Å². The second-order valence-corrected chi connectivity index (χ2v) is 5.16. The summed E-state index contributed by atoms with van der Waals surface area (Å²) in [4.78, 5) is 4.33. The molecule has 1 aromatic carbocycles. The van der Waals surface area contributed by atoms with E-state index in [1.165, 1.54) is 0 Å². The van der Waals surface area contributed by atoms with E-state index >= 15 is 0 Å². The lowest BCUT2D eigenvalue weighted by atomic mass is 10.1. The van der Waals surface area contributed by atoms with E-state index < -0.39 is 0 Å². The maximum Gasteiger partial charge on any atom is 0.247 e. The quantitative estimate of drug-likeness (QED) is 0.567. The number of halogens is 1. The molecule has 0 fully saturated rings. The van der Waals surface area contributed by atoms with Gasteiger partial charge in [-0.1, -0.05) is 23.7 Å². The molecule has 3 aromatic heterocycles. The van der Waals surface area contributed by atoms with Gasteiger partial charge >= 0.3 is 0 Å². The minimum atomic E-state index is 0.412. The van der Waals surface area contributed by atoms with Gasteiger partial charge in [-0.3, -0.25) is 0 Å². The van der Waals surface area contributed by atoms with Crippen LogP contribution in [-0.2, 0) is 0 Å². The molecule has 108 valence electrons. The number of hydrogen-bond donors (Lipinski definition) is 0. The first-order valence-corrected chi connectivity index (χ1v) is 7.00. The lowest BCUT2D eigenvalue weighted by molar-refractivity contribution is 0.533. The molecule has 0 saturated carbocycles. The van der Waals surface area contributed by atoms with E-state index in [2.05, 4.69) is 20.3 Å². The first-order chi connectivity index (χ1) is 10.7. The van der Waals surface area contributed by atoms with E-state index in [0.29, 0.717) is 16.9 Å². The van der Waals surface area contributed by atoms with Crippen LogP contribution in [-0.4, -0.2) is 24.8 Å². The maximum absolute atomic E-state index is 5.97. The number of imidazole rings is 1. The van der Waals surface area contributed by atoms with Crippen LogP contribution < -0.4 is 0 Å². The molecule has 0 unspecified atom stereocenters. The van der Waals surface area contributed by atoms with E-state index in [1.54, 1.807) is 23.7 Å². The smallest absolute Gasteiger partial charge is 0.247 e. The van der Waals surface area contributed by atoms with E-state index in [0.717, 1.165) is 22.5 Å². The molecule has 0 amide bonds. The van der Waals surface area contributed by atoms with Crippen molar-refractivity contribution in [2.75, 3.05) is 0 Å². The Morgan fingerprint density at radius 3 is 2.77 bits per heavy atom. The largest absolute Gasteiger partial charge is 0.421 e. The topological polar surface area (TPSA) is 69.1 Å². The van der Waals surface area contributed by atoms with Crippen LogP contribution in [0.25, 0.3) is 28.4 Å². The zero-order valence-electron chi connectivity index (χ0n) is 11.6. The summed E-state index contributed by atoms with van der Waals surface area (Å²) in [5.41, 5.74) is 3.36. The third-order valence-corrected chi connectivity index (χ3v) is 3.46. The minimum Gasteiger partial charge on any atom is -0.421 e. The van der Waals surface area contributed by atoms with Crippen molar-refractivity contribution >= 4 is 17.2 Å². The van der Waals surface area contributed by atoms with Crippen molar-refractivity contribution in [2.45, 2.75) is 6.92 Å². The van der Waals surface area contributed by atoms with E-state index in [4.69, 9.17) is 16.0 Å². The Kier molecular flexibility index (Phi) is 2.90. The number of nitrogens with zero attached hydrogens (tertiary/aromatic N) is 5. The highest BCUT2D eigenvalue weighted by atomic mass is 35.5. The molecular weight excluding hydrogens is 302 g/mol. The number of aryl methyl sites for hydroxylation is 1. The summed E-state index contributed by atoms with van der Waals surface area (Å²) in [7, 11) is 0. The molecule has 3 heterocycles. The summed E-state index contributed by atoms with van der Waals surface area (Å²) in [6.07, 6.45) is 1.76. The standard InChI is InChI=1S/C15H10ClN5O/c1-9-18-19-15(22-9)11-4-2-3-10(7-11)12-8-17-14-6-5-13(16)20-21(12)14/h2-8H,1H3. The van der Waals surface area contributed by atoms with Gasteiger partial charge in [0.05, 0.1) is 11.9 Å². The van der Waals surface area contributed by atoms with Gasteiger partial charge in [-0.05, 0) is 24.3 Å². The predicted molar refractivity (Wildman–Crippen MR) is 81.5 cm³/mol. The fraction of sp³-hybridized carbons (Fsp3) is 0.0667. The van der Waals surface area contributed by atoms with Crippen LogP contribution >= 0.6 is 11.6 Å². The van der Waals surface area contributed by atoms with Gasteiger partial charge in [0.2, 0.25) is 11.8 Å². The SMILES string of the molecule is Cc1nnc(-c2cccc(-c3cnc4ccc(Cl)nn34)c2)o1. The van der Waals surface area contributed by atoms with Crippen molar-refractivity contribution in [3.63, 3.8) is 0 Å². The fourth-order valence-electron chi connectivity index (χ4n) is 2.27. The molecule has 0 saturated heterocycles. The number of fused-ring (bicyclic) bond motifs is 1. The van der Waals surface area contributed by atoms with E-state index in [-0.39, 0.29) is 0 Å². The second-order valence-electron chi connectivity index (χ2n) is 4.78. The van der Waals surface area contributed by atoms with Crippen LogP contribution in [0.5, 0.6) is 0 Å². The molecule has 0 spiro atoms. The molecule has 0 aliphatic carbocycles. The number of rotatable bonds is 2. The van der Waals surface area contributed by atoms with Crippen LogP contribution in [0, 0.1) is 6.92 Å². The summed E-state index contributed by atoms with van der Waals surface area (Å²) < 4.78 is 7.18. The van der Waals surface area contributed by atoms with Gasteiger partial charge in [0.15, 0.2) is 5.65 Å². The van der Waals surface area contributed by atoms with Gasteiger partial charge < -0.3 is 4.42 Å². The van der Waals surface area contributed by atoms with E-state index in [9.17, 15) is 0 Å². The van der Waals surface area contributed by atoms with Gasteiger partial charge in [-0.2, -0.15) is 5.10 Å². The van der Waals surface area contributed by atoms with Crippen molar-refractivity contribution in [3.05, 3.63) is 53.6 Å². The number of aromatic nitrogens is 5. The summed E-state index contributed by atoms with van der Waals surface area (Å²) >= 11 is 5.97. The maximum atomic E-state index is 5.97. The molecule has 0 atom stereocenters. The zero-order valence-corrected chi connectivity index (χ0v) is 12.3. The molecule has 0 aliphatic heterocycles. The Morgan fingerprint density at radius 1 is 1.09 bits per heavy atom. The summed E-state index contributed by atoms with van der Waals surface area (Å²) in [6, 6.07) is 11.3. The van der Waals surface area contributed by atoms with Crippen molar-refractivity contribution in [2.24, 2.45) is 0 Å². The molecule has 0 N–H and O–H groups in total. The molecule has 0 radical (unpaired) electrons. The number of hydrogen-bond acceptors (Lipinski definition) is 5. The van der Waals surface area contributed by atoms with Gasteiger partial charge in [-0.15, -0.1) is 10.2 Å². The van der Waals surface area contributed by atoms with Crippen molar-refractivity contribution < 1.29 is 4.42 Å². The van der Waals surface area contributed by atoms with Gasteiger partial charge in [0.1, 0.15) is 5.15 Å². The molecule has 0 aliphatic rings. The average molecular weight is 312 g/mol. The highest BCUT2D eigenvalue weighted by Gasteiger charge is 2.11. The average Bonchev–Trinajstić information content (AvgIpc) is 3.13. The van der Waals surface area contributed by atoms with Crippen LogP contribution in [0.4, 0.5) is 0 Å². The van der Waals surface area contributed by atoms with Gasteiger partial charge in [-0.25, -0.2) is 9.50 Å². The van der Waals surface area contributed by atoms with Crippen molar-refractivity contribution in [1.29, 1.82) is 0 Å². The molecule has 4 aromatic rings. The molecule has 0 bridgehead atoms. The molecule has 4 rings (SSSR count). The first kappa shape index (κ1) is 13.0. The monoisotopic (exact) mass is 311 g/mol. The van der Waals surface area contributed by atoms with Crippen LogP contribution in [0.1, 0.15) is 5.89 Å². The van der Waals surface area contributed by atoms with Crippen molar-refractivity contribution in [1.82, 2.24) is 24.8 Å². The highest BCUT2D eigenvalue weighted by Crippen LogP contribution is 2.26. The fourth-order valence-corrected chi connectivity index (χ4v) is 2.41. The normalized spacial score (nSPS) is 11.2. The summed E-state index contributed by atoms with van der Waals surface area (Å²) in [6.45, 7) is 1.76. The number of benzene rings is 1. The lowest BCUT2D eigenvalue weighted by Crippen LogP contribution is -1.94. The Balaban J connectivity index is 1.86. The van der Waals surface area contributed by atoms with Crippen molar-refractivity contribution in [3.8, 4) is 22.7 Å². The molecular formula is C15H10ClN5O. The Morgan fingerprint density at radius 2 is 1.95 bits per heavy atom.